The van der Waals surface area contributed by atoms with Crippen LogP contribution in [0.4, 0.5) is 0 Å². The van der Waals surface area contributed by atoms with Crippen LogP contribution in [0.5, 0.6) is 0 Å². The number of nitrogens with zero attached hydrogens (tertiary/aromatic N) is 1. The smallest absolute Gasteiger partial charge is 0.0682 e. The average molecular weight is 213 g/mol. The van der Waals surface area contributed by atoms with Crippen LogP contribution in [0, 0.1) is 11.8 Å². The number of aromatic nitrogens is 1. The van der Waals surface area contributed by atoms with E-state index < -0.39 is 0 Å². The Morgan fingerprint density at radius 1 is 1.31 bits per heavy atom. The maximum Gasteiger partial charge on any atom is 0.0682 e. The highest BCUT2D eigenvalue weighted by Gasteiger charge is 2.01. The monoisotopic (exact) mass is 213 g/mol. The average Bonchev–Trinajstić information content (AvgIpc) is 2.72. The normalized spacial score (nSPS) is 10.1. The molecule has 0 spiro atoms. The van der Waals surface area contributed by atoms with Gasteiger partial charge in [-0.15, -0.1) is 11.8 Å². The molecule has 0 amide bonds. The molecule has 0 aliphatic rings. The fourth-order valence-electron chi connectivity index (χ4n) is 1.82. The van der Waals surface area contributed by atoms with E-state index in [2.05, 4.69) is 28.7 Å². The number of fused-ring (bicyclic) bond motifs is 1. The van der Waals surface area contributed by atoms with Gasteiger partial charge in [-0.25, -0.2) is 0 Å². The van der Waals surface area contributed by atoms with Crippen molar-refractivity contribution < 1.29 is 5.11 Å². The standard InChI is InChI=1S/C14H15NO/c1-2-3-4-8-15-9-7-13-6-5-12(11-16)10-14(13)15/h5-7,9-10,16H,4,8,11H2,1H3. The van der Waals surface area contributed by atoms with Crippen molar-refractivity contribution >= 4 is 10.9 Å². The van der Waals surface area contributed by atoms with Crippen molar-refractivity contribution in [3.8, 4) is 11.8 Å². The highest BCUT2D eigenvalue weighted by atomic mass is 16.3. The van der Waals surface area contributed by atoms with Gasteiger partial charge >= 0.3 is 0 Å². The van der Waals surface area contributed by atoms with E-state index in [9.17, 15) is 0 Å². The molecule has 2 rings (SSSR count). The van der Waals surface area contributed by atoms with E-state index >= 15 is 0 Å². The summed E-state index contributed by atoms with van der Waals surface area (Å²) in [7, 11) is 0. The highest BCUT2D eigenvalue weighted by molar-refractivity contribution is 5.80. The van der Waals surface area contributed by atoms with Crippen LogP contribution in [0.1, 0.15) is 18.9 Å². The maximum atomic E-state index is 9.11. The SMILES string of the molecule is CC#CCCn1ccc2ccc(CO)cc21. The molecule has 16 heavy (non-hydrogen) atoms. The minimum Gasteiger partial charge on any atom is -0.392 e. The molecule has 1 aromatic heterocycles. The van der Waals surface area contributed by atoms with E-state index in [0.717, 1.165) is 18.5 Å². The first kappa shape index (κ1) is 10.8. The van der Waals surface area contributed by atoms with Gasteiger partial charge in [0.15, 0.2) is 0 Å². The molecule has 2 nitrogen and oxygen atoms in total. The molecule has 0 fully saturated rings. The Morgan fingerprint density at radius 3 is 2.94 bits per heavy atom. The Bertz CT molecular complexity index is 543. The maximum absolute atomic E-state index is 9.11. The zero-order valence-electron chi connectivity index (χ0n) is 9.40. The van der Waals surface area contributed by atoms with E-state index in [4.69, 9.17) is 5.11 Å². The zero-order valence-corrected chi connectivity index (χ0v) is 9.40. The van der Waals surface area contributed by atoms with Gasteiger partial charge in [0.1, 0.15) is 0 Å². The summed E-state index contributed by atoms with van der Waals surface area (Å²) in [4.78, 5) is 0. The fraction of sp³-hybridized carbons (Fsp3) is 0.286. The predicted octanol–water partition coefficient (Wildman–Crippen LogP) is 2.55. The van der Waals surface area contributed by atoms with Gasteiger partial charge in [-0.2, -0.15) is 0 Å². The van der Waals surface area contributed by atoms with Crippen LogP contribution in [-0.4, -0.2) is 9.67 Å². The Kier molecular flexibility index (Phi) is 3.28. The largest absolute Gasteiger partial charge is 0.392 e. The second-order valence-electron chi connectivity index (χ2n) is 3.74. The number of hydrogen-bond acceptors (Lipinski definition) is 1. The minimum absolute atomic E-state index is 0.0931. The lowest BCUT2D eigenvalue weighted by molar-refractivity contribution is 0.282. The third-order valence-electron chi connectivity index (χ3n) is 2.68. The molecule has 0 atom stereocenters. The third-order valence-corrected chi connectivity index (χ3v) is 2.68. The van der Waals surface area contributed by atoms with Crippen LogP contribution in [0.25, 0.3) is 10.9 Å². The van der Waals surface area contributed by atoms with Gasteiger partial charge in [-0.3, -0.25) is 0 Å². The number of aliphatic hydroxyl groups excluding tert-OH is 1. The van der Waals surface area contributed by atoms with Gasteiger partial charge in [0.05, 0.1) is 6.61 Å². The second kappa shape index (κ2) is 4.87. The fourth-order valence-corrected chi connectivity index (χ4v) is 1.82. The summed E-state index contributed by atoms with van der Waals surface area (Å²) in [5.74, 6) is 5.96. The molecule has 2 heteroatoms. The van der Waals surface area contributed by atoms with Crippen molar-refractivity contribution in [3.05, 3.63) is 36.0 Å². The Morgan fingerprint density at radius 2 is 2.19 bits per heavy atom. The molecule has 1 aromatic carbocycles. The summed E-state index contributed by atoms with van der Waals surface area (Å²) in [5.41, 5.74) is 2.12. The first-order chi connectivity index (χ1) is 7.85. The van der Waals surface area contributed by atoms with Gasteiger partial charge in [0.25, 0.3) is 0 Å². The van der Waals surface area contributed by atoms with Crippen molar-refractivity contribution in [3.63, 3.8) is 0 Å². The van der Waals surface area contributed by atoms with Gasteiger partial charge in [0, 0.05) is 24.7 Å². The Hall–Kier alpha value is -1.72. The summed E-state index contributed by atoms with van der Waals surface area (Å²) in [6.45, 7) is 2.85. The van der Waals surface area contributed by atoms with Crippen LogP contribution in [-0.2, 0) is 13.2 Å². The van der Waals surface area contributed by atoms with Crippen LogP contribution in [0.2, 0.25) is 0 Å². The molecule has 0 saturated carbocycles. The first-order valence-corrected chi connectivity index (χ1v) is 5.43. The minimum atomic E-state index is 0.0931. The van der Waals surface area contributed by atoms with E-state index in [1.54, 1.807) is 0 Å². The molecular weight excluding hydrogens is 198 g/mol. The quantitative estimate of drug-likeness (QED) is 0.779. The van der Waals surface area contributed by atoms with Crippen molar-refractivity contribution in [2.24, 2.45) is 0 Å². The summed E-state index contributed by atoms with van der Waals surface area (Å²) in [6.07, 6.45) is 2.94. The number of aryl methyl sites for hydroxylation is 1. The summed E-state index contributed by atoms with van der Waals surface area (Å²) < 4.78 is 2.18. The first-order valence-electron chi connectivity index (χ1n) is 5.43. The van der Waals surface area contributed by atoms with E-state index in [1.165, 1.54) is 10.9 Å². The molecular formula is C14H15NO. The zero-order chi connectivity index (χ0) is 11.4. The van der Waals surface area contributed by atoms with Gasteiger partial charge in [-0.05, 0) is 30.0 Å². The van der Waals surface area contributed by atoms with Gasteiger partial charge in [-0.1, -0.05) is 12.1 Å². The molecule has 0 aliphatic carbocycles. The molecule has 82 valence electrons. The predicted molar refractivity (Wildman–Crippen MR) is 65.9 cm³/mol. The Balaban J connectivity index is 2.32. The summed E-state index contributed by atoms with van der Waals surface area (Å²) >= 11 is 0. The molecule has 0 aliphatic heterocycles. The summed E-state index contributed by atoms with van der Waals surface area (Å²) in [5, 5.41) is 10.3. The number of rotatable bonds is 3. The Labute approximate surface area is 95.5 Å². The molecule has 1 heterocycles. The lowest BCUT2D eigenvalue weighted by Gasteiger charge is -2.03. The van der Waals surface area contributed by atoms with E-state index in [0.29, 0.717) is 0 Å². The van der Waals surface area contributed by atoms with Crippen molar-refractivity contribution in [1.82, 2.24) is 4.57 Å². The lowest BCUT2D eigenvalue weighted by Crippen LogP contribution is -1.95. The molecule has 2 aromatic rings. The van der Waals surface area contributed by atoms with Crippen LogP contribution in [0.3, 0.4) is 0 Å². The topological polar surface area (TPSA) is 25.2 Å². The molecule has 0 unspecified atom stereocenters. The molecule has 1 N–H and O–H groups in total. The van der Waals surface area contributed by atoms with Crippen LogP contribution in [0.15, 0.2) is 30.5 Å². The van der Waals surface area contributed by atoms with Crippen LogP contribution >= 0.6 is 0 Å². The van der Waals surface area contributed by atoms with Crippen molar-refractivity contribution in [2.75, 3.05) is 0 Å². The lowest BCUT2D eigenvalue weighted by atomic mass is 10.2. The molecule has 0 saturated heterocycles. The second-order valence-corrected chi connectivity index (χ2v) is 3.74. The number of hydrogen-bond donors (Lipinski definition) is 1. The number of benzene rings is 1. The van der Waals surface area contributed by atoms with Gasteiger partial charge in [0.2, 0.25) is 0 Å². The van der Waals surface area contributed by atoms with Crippen molar-refractivity contribution in [1.29, 1.82) is 0 Å². The molecule has 0 bridgehead atoms. The molecule has 0 radical (unpaired) electrons. The van der Waals surface area contributed by atoms with Crippen molar-refractivity contribution in [2.45, 2.75) is 26.5 Å². The van der Waals surface area contributed by atoms with Gasteiger partial charge < -0.3 is 9.67 Å². The third kappa shape index (κ3) is 2.10. The highest BCUT2D eigenvalue weighted by Crippen LogP contribution is 2.18. The van der Waals surface area contributed by atoms with Crippen LogP contribution < -0.4 is 0 Å². The van der Waals surface area contributed by atoms with E-state index in [-0.39, 0.29) is 6.61 Å². The van der Waals surface area contributed by atoms with E-state index in [1.807, 2.05) is 25.1 Å². The number of aliphatic hydroxyl groups is 1. The summed E-state index contributed by atoms with van der Waals surface area (Å²) in [6, 6.07) is 8.13.